The minimum Gasteiger partial charge on any atom is -0.497 e. The Kier molecular flexibility index (Phi) is 3.98. The lowest BCUT2D eigenvalue weighted by molar-refractivity contribution is 0.213. The van der Waals surface area contributed by atoms with E-state index in [4.69, 9.17) is 10.5 Å². The largest absolute Gasteiger partial charge is 0.497 e. The van der Waals surface area contributed by atoms with Crippen LogP contribution in [-0.2, 0) is 10.0 Å². The van der Waals surface area contributed by atoms with E-state index in [2.05, 4.69) is 0 Å². The number of sulfonamides is 1. The SMILES string of the molecule is COc1ccc(S(=O)(=O)N2CCC[C@@H]2CO)c(N)c1. The van der Waals surface area contributed by atoms with Crippen LogP contribution in [0.4, 0.5) is 5.69 Å². The molecule has 0 spiro atoms. The molecule has 1 aromatic carbocycles. The molecule has 1 heterocycles. The maximum Gasteiger partial charge on any atom is 0.245 e. The van der Waals surface area contributed by atoms with E-state index in [9.17, 15) is 13.5 Å². The van der Waals surface area contributed by atoms with Gasteiger partial charge in [-0.25, -0.2) is 8.42 Å². The number of aliphatic hydroxyl groups is 1. The summed E-state index contributed by atoms with van der Waals surface area (Å²) in [6, 6.07) is 4.13. The molecule has 3 N–H and O–H groups in total. The Morgan fingerprint density at radius 1 is 1.53 bits per heavy atom. The second kappa shape index (κ2) is 5.36. The van der Waals surface area contributed by atoms with Gasteiger partial charge in [-0.1, -0.05) is 0 Å². The Bertz CT molecular complexity index is 559. The van der Waals surface area contributed by atoms with E-state index in [1.165, 1.54) is 23.5 Å². The molecule has 1 fully saturated rings. The highest BCUT2D eigenvalue weighted by Crippen LogP contribution is 2.30. The molecular weight excluding hydrogens is 268 g/mol. The maximum atomic E-state index is 12.5. The predicted octanol–water partition coefficient (Wildman–Crippen LogP) is 0.423. The molecule has 2 rings (SSSR count). The fraction of sp³-hybridized carbons (Fsp3) is 0.500. The van der Waals surface area contributed by atoms with E-state index in [1.54, 1.807) is 6.07 Å². The zero-order valence-corrected chi connectivity index (χ0v) is 11.6. The van der Waals surface area contributed by atoms with Gasteiger partial charge in [0.2, 0.25) is 10.0 Å². The van der Waals surface area contributed by atoms with Gasteiger partial charge in [0.1, 0.15) is 10.6 Å². The summed E-state index contributed by atoms with van der Waals surface area (Å²) in [6.07, 6.45) is 1.42. The van der Waals surface area contributed by atoms with Crippen LogP contribution < -0.4 is 10.5 Å². The second-order valence-electron chi connectivity index (χ2n) is 4.50. The van der Waals surface area contributed by atoms with Gasteiger partial charge in [0, 0.05) is 18.7 Å². The van der Waals surface area contributed by atoms with Crippen LogP contribution in [0.2, 0.25) is 0 Å². The van der Waals surface area contributed by atoms with Gasteiger partial charge in [0.05, 0.1) is 19.4 Å². The summed E-state index contributed by atoms with van der Waals surface area (Å²) in [7, 11) is -2.17. The molecule has 1 aliphatic heterocycles. The first-order chi connectivity index (χ1) is 9.00. The Morgan fingerprint density at radius 2 is 2.26 bits per heavy atom. The molecule has 1 aromatic rings. The normalized spacial score (nSPS) is 20.6. The standard InChI is InChI=1S/C12H18N2O4S/c1-18-10-4-5-12(11(13)7-10)19(16,17)14-6-2-3-9(14)8-15/h4-5,7,9,15H,2-3,6,8,13H2,1H3/t9-/m1/s1. The molecule has 1 aliphatic rings. The molecule has 0 saturated carbocycles. The van der Waals surface area contributed by atoms with E-state index in [1.807, 2.05) is 0 Å². The third kappa shape index (κ3) is 2.54. The molecule has 7 heteroatoms. The van der Waals surface area contributed by atoms with Gasteiger partial charge in [-0.15, -0.1) is 0 Å². The van der Waals surface area contributed by atoms with Crippen molar-refractivity contribution in [1.29, 1.82) is 0 Å². The minimum atomic E-state index is -3.66. The number of nitrogens with two attached hydrogens (primary N) is 1. The summed E-state index contributed by atoms with van der Waals surface area (Å²) < 4.78 is 31.4. The molecule has 106 valence electrons. The third-order valence-electron chi connectivity index (χ3n) is 3.34. The number of rotatable bonds is 4. The number of nitrogen functional groups attached to an aromatic ring is 1. The van der Waals surface area contributed by atoms with E-state index >= 15 is 0 Å². The first-order valence-corrected chi connectivity index (χ1v) is 7.51. The average molecular weight is 286 g/mol. The first-order valence-electron chi connectivity index (χ1n) is 6.07. The molecule has 0 unspecified atom stereocenters. The van der Waals surface area contributed by atoms with Crippen LogP contribution in [0.3, 0.4) is 0 Å². The van der Waals surface area contributed by atoms with Crippen molar-refractivity contribution in [3.63, 3.8) is 0 Å². The van der Waals surface area contributed by atoms with Crippen LogP contribution in [0.25, 0.3) is 0 Å². The highest BCUT2D eigenvalue weighted by molar-refractivity contribution is 7.89. The van der Waals surface area contributed by atoms with Gasteiger partial charge < -0.3 is 15.6 Å². The van der Waals surface area contributed by atoms with Gasteiger partial charge in [-0.05, 0) is 25.0 Å². The van der Waals surface area contributed by atoms with E-state index in [0.717, 1.165) is 6.42 Å². The highest BCUT2D eigenvalue weighted by Gasteiger charge is 2.35. The number of ether oxygens (including phenoxy) is 1. The van der Waals surface area contributed by atoms with Crippen LogP contribution in [0.15, 0.2) is 23.1 Å². The number of methoxy groups -OCH3 is 1. The Balaban J connectivity index is 2.39. The van der Waals surface area contributed by atoms with Crippen LogP contribution >= 0.6 is 0 Å². The highest BCUT2D eigenvalue weighted by atomic mass is 32.2. The average Bonchev–Trinajstić information content (AvgIpc) is 2.87. The van der Waals surface area contributed by atoms with Gasteiger partial charge in [0.15, 0.2) is 0 Å². The summed E-state index contributed by atoms with van der Waals surface area (Å²) in [6.45, 7) is 0.244. The molecule has 0 amide bonds. The van der Waals surface area contributed by atoms with Crippen LogP contribution in [0, 0.1) is 0 Å². The molecule has 1 atom stereocenters. The van der Waals surface area contributed by atoms with Gasteiger partial charge in [-0.3, -0.25) is 0 Å². The van der Waals surface area contributed by atoms with Crippen LogP contribution in [0.5, 0.6) is 5.75 Å². The Labute approximate surface area is 112 Å². The van der Waals surface area contributed by atoms with Crippen molar-refractivity contribution in [2.45, 2.75) is 23.8 Å². The summed E-state index contributed by atoms with van der Waals surface area (Å²) in [5.74, 6) is 0.511. The van der Waals surface area contributed by atoms with Crippen LogP contribution in [-0.4, -0.2) is 44.1 Å². The third-order valence-corrected chi connectivity index (χ3v) is 5.36. The maximum absolute atomic E-state index is 12.5. The summed E-state index contributed by atoms with van der Waals surface area (Å²) in [5, 5.41) is 9.24. The molecule has 19 heavy (non-hydrogen) atoms. The monoisotopic (exact) mass is 286 g/mol. The van der Waals surface area contributed by atoms with Crippen molar-refractivity contribution in [3.05, 3.63) is 18.2 Å². The minimum absolute atomic E-state index is 0.0636. The molecule has 0 bridgehead atoms. The van der Waals surface area contributed by atoms with Crippen molar-refractivity contribution in [3.8, 4) is 5.75 Å². The summed E-state index contributed by atoms with van der Waals surface area (Å²) in [4.78, 5) is 0.0636. The molecule has 1 saturated heterocycles. The fourth-order valence-electron chi connectivity index (χ4n) is 2.32. The Hall–Kier alpha value is -1.31. The van der Waals surface area contributed by atoms with E-state index in [-0.39, 0.29) is 23.2 Å². The number of hydrogen-bond donors (Lipinski definition) is 2. The number of aliphatic hydroxyl groups excluding tert-OH is 1. The van der Waals surface area contributed by atoms with Crippen molar-refractivity contribution < 1.29 is 18.3 Å². The molecule has 0 radical (unpaired) electrons. The lowest BCUT2D eigenvalue weighted by atomic mass is 10.2. The van der Waals surface area contributed by atoms with Gasteiger partial charge in [-0.2, -0.15) is 4.31 Å². The van der Waals surface area contributed by atoms with Gasteiger partial charge >= 0.3 is 0 Å². The zero-order chi connectivity index (χ0) is 14.0. The van der Waals surface area contributed by atoms with Crippen molar-refractivity contribution in [2.24, 2.45) is 0 Å². The number of benzene rings is 1. The van der Waals surface area contributed by atoms with Crippen LogP contribution in [0.1, 0.15) is 12.8 Å². The smallest absolute Gasteiger partial charge is 0.245 e. The number of nitrogens with zero attached hydrogens (tertiary/aromatic N) is 1. The topological polar surface area (TPSA) is 92.9 Å². The molecule has 6 nitrogen and oxygen atoms in total. The van der Waals surface area contributed by atoms with Crippen molar-refractivity contribution in [1.82, 2.24) is 4.31 Å². The predicted molar refractivity (Wildman–Crippen MR) is 71.4 cm³/mol. The Morgan fingerprint density at radius 3 is 2.84 bits per heavy atom. The first kappa shape index (κ1) is 14.1. The molecule has 0 aromatic heterocycles. The summed E-state index contributed by atoms with van der Waals surface area (Å²) >= 11 is 0. The van der Waals surface area contributed by atoms with Gasteiger partial charge in [0.25, 0.3) is 0 Å². The second-order valence-corrected chi connectivity index (χ2v) is 6.36. The lowest BCUT2D eigenvalue weighted by Gasteiger charge is -2.23. The number of hydrogen-bond acceptors (Lipinski definition) is 5. The van der Waals surface area contributed by atoms with Crippen molar-refractivity contribution >= 4 is 15.7 Å². The fourth-order valence-corrected chi connectivity index (χ4v) is 4.11. The zero-order valence-electron chi connectivity index (χ0n) is 10.7. The van der Waals surface area contributed by atoms with Crippen molar-refractivity contribution in [2.75, 3.05) is 26.0 Å². The lowest BCUT2D eigenvalue weighted by Crippen LogP contribution is -2.37. The van der Waals surface area contributed by atoms with E-state index in [0.29, 0.717) is 18.7 Å². The molecule has 0 aliphatic carbocycles. The molecular formula is C12H18N2O4S. The quantitative estimate of drug-likeness (QED) is 0.783. The summed E-state index contributed by atoms with van der Waals surface area (Å²) in [5.41, 5.74) is 5.94. The van der Waals surface area contributed by atoms with E-state index < -0.39 is 10.0 Å². The number of anilines is 1.